The van der Waals surface area contributed by atoms with Gasteiger partial charge in [-0.1, -0.05) is 12.2 Å². The molecule has 0 N–H and O–H groups in total. The van der Waals surface area contributed by atoms with Gasteiger partial charge in [-0.2, -0.15) is 0 Å². The van der Waals surface area contributed by atoms with E-state index in [2.05, 4.69) is 0 Å². The van der Waals surface area contributed by atoms with Crippen molar-refractivity contribution in [2.75, 3.05) is 13.2 Å². The van der Waals surface area contributed by atoms with Crippen molar-refractivity contribution in [2.24, 2.45) is 5.92 Å². The quantitative estimate of drug-likeness (QED) is 0.389. The summed E-state index contributed by atoms with van der Waals surface area (Å²) in [7, 11) is 0. The van der Waals surface area contributed by atoms with Crippen molar-refractivity contribution < 1.29 is 28.7 Å². The number of Topliss-reactive ketones (excluding diaryl/α,β-unsaturated/α-hetero) is 1. The molecular weight excluding hydrogens is 288 g/mol. The van der Waals surface area contributed by atoms with Gasteiger partial charge >= 0.3 is 0 Å². The molecule has 2 rings (SSSR count). The summed E-state index contributed by atoms with van der Waals surface area (Å²) in [4.78, 5) is 46.9. The van der Waals surface area contributed by atoms with E-state index in [1.807, 2.05) is 0 Å². The van der Waals surface area contributed by atoms with Crippen LogP contribution in [0.3, 0.4) is 0 Å². The molecule has 0 spiro atoms. The zero-order chi connectivity index (χ0) is 15.9. The molecule has 6 heteroatoms. The molecule has 0 saturated carbocycles. The number of ketones is 3. The van der Waals surface area contributed by atoms with Gasteiger partial charge in [-0.05, 0) is 25.0 Å². The second kappa shape index (κ2) is 7.91. The third kappa shape index (κ3) is 3.84. The van der Waals surface area contributed by atoms with E-state index in [9.17, 15) is 19.2 Å². The summed E-state index contributed by atoms with van der Waals surface area (Å²) in [5.41, 5.74) is 0. The first-order valence-corrected chi connectivity index (χ1v) is 7.26. The van der Waals surface area contributed by atoms with E-state index in [1.165, 1.54) is 12.2 Å². The third-order valence-corrected chi connectivity index (χ3v) is 3.66. The van der Waals surface area contributed by atoms with Crippen LogP contribution in [0, 0.1) is 5.92 Å². The Kier molecular flexibility index (Phi) is 5.91. The van der Waals surface area contributed by atoms with Crippen LogP contribution in [-0.4, -0.2) is 49.1 Å². The van der Waals surface area contributed by atoms with Gasteiger partial charge in [0.1, 0.15) is 12.4 Å². The average molecular weight is 306 g/mol. The minimum Gasteiger partial charge on any atom is -0.365 e. The fourth-order valence-corrected chi connectivity index (χ4v) is 2.58. The van der Waals surface area contributed by atoms with Crippen LogP contribution in [0.15, 0.2) is 24.3 Å². The van der Waals surface area contributed by atoms with E-state index < -0.39 is 29.7 Å². The molecule has 0 bridgehead atoms. The highest BCUT2D eigenvalue weighted by molar-refractivity contribution is 6.12. The van der Waals surface area contributed by atoms with E-state index >= 15 is 0 Å². The summed E-state index contributed by atoms with van der Waals surface area (Å²) < 4.78 is 10.6. The Morgan fingerprint density at radius 3 is 2.50 bits per heavy atom. The van der Waals surface area contributed by atoms with Crippen LogP contribution in [0.5, 0.6) is 0 Å². The Bertz CT molecular complexity index is 519. The smallest absolute Gasteiger partial charge is 0.191 e. The van der Waals surface area contributed by atoms with Gasteiger partial charge in [0.15, 0.2) is 23.5 Å². The molecule has 0 fully saturated rings. The lowest BCUT2D eigenvalue weighted by Gasteiger charge is -2.29. The summed E-state index contributed by atoms with van der Waals surface area (Å²) in [6.07, 6.45) is 5.53. The first kappa shape index (κ1) is 16.5. The van der Waals surface area contributed by atoms with Crippen LogP contribution in [0.2, 0.25) is 0 Å². The maximum Gasteiger partial charge on any atom is 0.191 e. The number of hydrogen-bond donors (Lipinski definition) is 0. The normalized spacial score (nSPS) is 26.0. The highest BCUT2D eigenvalue weighted by Crippen LogP contribution is 2.24. The molecule has 6 nitrogen and oxygen atoms in total. The van der Waals surface area contributed by atoms with E-state index in [0.717, 1.165) is 6.29 Å². The van der Waals surface area contributed by atoms with Crippen molar-refractivity contribution in [2.45, 2.75) is 31.5 Å². The Morgan fingerprint density at radius 2 is 1.86 bits per heavy atom. The Balaban J connectivity index is 2.15. The predicted octanol–water partition coefficient (Wildman–Crippen LogP) is 0.589. The second-order valence-electron chi connectivity index (χ2n) is 5.18. The number of aldehydes is 1. The summed E-state index contributed by atoms with van der Waals surface area (Å²) in [5, 5.41) is 0. The van der Waals surface area contributed by atoms with E-state index in [-0.39, 0.29) is 19.0 Å². The maximum atomic E-state index is 12.6. The first-order chi connectivity index (χ1) is 10.6. The van der Waals surface area contributed by atoms with E-state index in [4.69, 9.17) is 9.47 Å². The largest absolute Gasteiger partial charge is 0.365 e. The molecule has 2 heterocycles. The van der Waals surface area contributed by atoms with E-state index in [1.54, 1.807) is 12.2 Å². The van der Waals surface area contributed by atoms with Crippen LogP contribution in [0.25, 0.3) is 0 Å². The van der Waals surface area contributed by atoms with Crippen molar-refractivity contribution in [1.29, 1.82) is 0 Å². The number of hydrogen-bond acceptors (Lipinski definition) is 6. The molecule has 0 amide bonds. The van der Waals surface area contributed by atoms with Crippen LogP contribution in [-0.2, 0) is 28.7 Å². The van der Waals surface area contributed by atoms with Crippen LogP contribution in [0.4, 0.5) is 0 Å². The Hall–Kier alpha value is -1.92. The average Bonchev–Trinajstić information content (AvgIpc) is 2.53. The second-order valence-corrected chi connectivity index (χ2v) is 5.18. The van der Waals surface area contributed by atoms with Crippen LogP contribution in [0.1, 0.15) is 19.3 Å². The van der Waals surface area contributed by atoms with Gasteiger partial charge in [0.05, 0.1) is 19.1 Å². The van der Waals surface area contributed by atoms with Gasteiger partial charge in [0.25, 0.3) is 0 Å². The van der Waals surface area contributed by atoms with Gasteiger partial charge in [0, 0.05) is 6.42 Å². The fraction of sp³-hybridized carbons (Fsp3) is 0.500. The molecule has 0 aromatic rings. The lowest BCUT2D eigenvalue weighted by atomic mass is 9.85. The molecule has 2 aliphatic heterocycles. The standard InChI is InChI=1S/C16H18O6/c17-8-2-1-5-11(15-12(18)6-3-9-21-15)14(20)16-13(19)7-4-10-22-16/h3-4,6-8,11,15-16H,1-2,5,9-10H2. The van der Waals surface area contributed by atoms with Gasteiger partial charge in [-0.25, -0.2) is 0 Å². The monoisotopic (exact) mass is 306 g/mol. The lowest BCUT2D eigenvalue weighted by Crippen LogP contribution is -2.46. The highest BCUT2D eigenvalue weighted by atomic mass is 16.5. The molecule has 0 aromatic carbocycles. The summed E-state index contributed by atoms with van der Waals surface area (Å²) >= 11 is 0. The van der Waals surface area contributed by atoms with Gasteiger partial charge in [-0.3, -0.25) is 14.4 Å². The number of carbonyl (C=O) groups excluding carboxylic acids is 4. The van der Waals surface area contributed by atoms with Gasteiger partial charge < -0.3 is 14.3 Å². The van der Waals surface area contributed by atoms with Crippen molar-refractivity contribution in [3.8, 4) is 0 Å². The van der Waals surface area contributed by atoms with Gasteiger partial charge in [-0.15, -0.1) is 0 Å². The maximum absolute atomic E-state index is 12.6. The molecule has 2 aliphatic rings. The molecule has 3 unspecified atom stereocenters. The van der Waals surface area contributed by atoms with Gasteiger partial charge in [0.2, 0.25) is 0 Å². The number of ether oxygens (including phenoxy) is 2. The minimum absolute atomic E-state index is 0.183. The number of rotatable bonds is 7. The number of unbranched alkanes of at least 4 members (excludes halogenated alkanes) is 1. The molecule has 118 valence electrons. The lowest BCUT2D eigenvalue weighted by molar-refractivity contribution is -0.150. The van der Waals surface area contributed by atoms with Crippen LogP contribution >= 0.6 is 0 Å². The zero-order valence-electron chi connectivity index (χ0n) is 12.1. The molecule has 22 heavy (non-hydrogen) atoms. The zero-order valence-corrected chi connectivity index (χ0v) is 12.1. The molecule has 0 saturated heterocycles. The van der Waals surface area contributed by atoms with E-state index in [0.29, 0.717) is 19.3 Å². The predicted molar refractivity (Wildman–Crippen MR) is 76.2 cm³/mol. The van der Waals surface area contributed by atoms with Crippen molar-refractivity contribution in [1.82, 2.24) is 0 Å². The Morgan fingerprint density at radius 1 is 1.18 bits per heavy atom. The van der Waals surface area contributed by atoms with Crippen LogP contribution < -0.4 is 0 Å². The summed E-state index contributed by atoms with van der Waals surface area (Å²) in [5.74, 6) is -1.95. The minimum atomic E-state index is -1.19. The molecular formula is C16H18O6. The highest BCUT2D eigenvalue weighted by Gasteiger charge is 2.40. The number of carbonyl (C=O) groups is 4. The molecule has 0 radical (unpaired) electrons. The third-order valence-electron chi connectivity index (χ3n) is 3.66. The SMILES string of the molecule is O=CCCCC(C(=O)C1OCC=CC1=O)C1OCC=CC1=O. The van der Waals surface area contributed by atoms with Crippen molar-refractivity contribution in [3.63, 3.8) is 0 Å². The summed E-state index contributed by atoms with van der Waals surface area (Å²) in [6, 6.07) is 0. The first-order valence-electron chi connectivity index (χ1n) is 7.26. The summed E-state index contributed by atoms with van der Waals surface area (Å²) in [6.45, 7) is 0.426. The fourth-order valence-electron chi connectivity index (χ4n) is 2.58. The molecule has 0 aromatic heterocycles. The van der Waals surface area contributed by atoms with Crippen molar-refractivity contribution in [3.05, 3.63) is 24.3 Å². The Labute approximate surface area is 128 Å². The topological polar surface area (TPSA) is 86.7 Å². The molecule has 0 aliphatic carbocycles. The van der Waals surface area contributed by atoms with Crippen molar-refractivity contribution >= 4 is 23.6 Å². The molecule has 3 atom stereocenters.